The molecule has 0 saturated carbocycles. The Hall–Kier alpha value is -0.130. The summed E-state index contributed by atoms with van der Waals surface area (Å²) in [5.74, 6) is 0. The van der Waals surface area contributed by atoms with Crippen LogP contribution in [0.5, 0.6) is 0 Å². The normalized spacial score (nSPS) is 16.5. The van der Waals surface area contributed by atoms with Crippen molar-refractivity contribution in [2.75, 3.05) is 17.6 Å². The molecule has 2 nitrogen and oxygen atoms in total. The van der Waals surface area contributed by atoms with Crippen LogP contribution in [0.4, 0.5) is 0 Å². The van der Waals surface area contributed by atoms with Crippen molar-refractivity contribution in [3.63, 3.8) is 0 Å². The first-order valence-corrected chi connectivity index (χ1v) is 7.52. The average molecular weight is 348 g/mol. The predicted molar refractivity (Wildman–Crippen MR) is 79.7 cm³/mol. The summed E-state index contributed by atoms with van der Waals surface area (Å²) in [6.45, 7) is 7.58. The number of hydrogen-bond donors (Lipinski definition) is 0. The summed E-state index contributed by atoms with van der Waals surface area (Å²) in [5.41, 5.74) is 0.982. The zero-order chi connectivity index (χ0) is 12.7. The average Bonchev–Trinajstić information content (AvgIpc) is 2.37. The van der Waals surface area contributed by atoms with Gasteiger partial charge in [0.1, 0.15) is 0 Å². The van der Waals surface area contributed by atoms with Crippen molar-refractivity contribution in [3.8, 4) is 0 Å². The molecular weight excluding hydrogens is 327 g/mol. The van der Waals surface area contributed by atoms with Crippen LogP contribution in [-0.2, 0) is 15.1 Å². The Labute approximate surface area is 118 Å². The summed E-state index contributed by atoms with van der Waals surface area (Å²) in [7, 11) is 0. The monoisotopic (exact) mass is 348 g/mol. The number of alkyl halides is 1. The van der Waals surface area contributed by atoms with Crippen LogP contribution in [0.2, 0.25) is 0 Å². The Bertz CT molecular complexity index is 315. The van der Waals surface area contributed by atoms with Crippen molar-refractivity contribution in [2.45, 2.75) is 32.5 Å². The lowest BCUT2D eigenvalue weighted by molar-refractivity contribution is -0.0922. The highest BCUT2D eigenvalue weighted by atomic mass is 127. The van der Waals surface area contributed by atoms with Gasteiger partial charge in [-0.3, -0.25) is 0 Å². The van der Waals surface area contributed by atoms with Gasteiger partial charge in [0.2, 0.25) is 0 Å². The minimum atomic E-state index is -0.238. The molecule has 2 atom stereocenters. The molecule has 0 aromatic heterocycles. The molecule has 96 valence electrons. The molecule has 0 N–H and O–H groups in total. The van der Waals surface area contributed by atoms with Crippen LogP contribution >= 0.6 is 22.6 Å². The zero-order valence-corrected chi connectivity index (χ0v) is 12.9. The van der Waals surface area contributed by atoms with Gasteiger partial charge in [0.15, 0.2) is 0 Å². The topological polar surface area (TPSA) is 18.5 Å². The molecule has 2 unspecified atom stereocenters. The van der Waals surface area contributed by atoms with Crippen LogP contribution in [0.15, 0.2) is 30.3 Å². The van der Waals surface area contributed by atoms with Crippen LogP contribution in [0, 0.1) is 0 Å². The molecule has 1 aromatic carbocycles. The van der Waals surface area contributed by atoms with E-state index in [-0.39, 0.29) is 11.7 Å². The van der Waals surface area contributed by atoms with Crippen LogP contribution in [0.25, 0.3) is 0 Å². The molecule has 0 radical (unpaired) electrons. The van der Waals surface area contributed by atoms with Crippen LogP contribution < -0.4 is 0 Å². The molecule has 0 aliphatic heterocycles. The first-order chi connectivity index (χ1) is 8.12. The van der Waals surface area contributed by atoms with Gasteiger partial charge in [-0.2, -0.15) is 0 Å². The number of ether oxygens (including phenoxy) is 2. The van der Waals surface area contributed by atoms with Gasteiger partial charge in [-0.05, 0) is 26.3 Å². The summed E-state index contributed by atoms with van der Waals surface area (Å²) >= 11 is 2.37. The highest BCUT2D eigenvalue weighted by Gasteiger charge is 2.28. The molecule has 0 bridgehead atoms. The summed E-state index contributed by atoms with van der Waals surface area (Å²) in [6, 6.07) is 10.4. The van der Waals surface area contributed by atoms with Gasteiger partial charge in [-0.1, -0.05) is 52.9 Å². The Morgan fingerprint density at radius 2 is 1.94 bits per heavy atom. The van der Waals surface area contributed by atoms with E-state index < -0.39 is 0 Å². The first-order valence-electron chi connectivity index (χ1n) is 5.99. The summed E-state index contributed by atoms with van der Waals surface area (Å²) < 4.78 is 12.5. The van der Waals surface area contributed by atoms with E-state index >= 15 is 0 Å². The van der Waals surface area contributed by atoms with Crippen LogP contribution in [0.3, 0.4) is 0 Å². The maximum Gasteiger partial charge on any atom is 0.0997 e. The second-order valence-corrected chi connectivity index (χ2v) is 5.08. The second-order valence-electron chi connectivity index (χ2n) is 4.32. The van der Waals surface area contributed by atoms with E-state index in [4.69, 9.17) is 9.47 Å². The highest BCUT2D eigenvalue weighted by molar-refractivity contribution is 14.1. The highest BCUT2D eigenvalue weighted by Crippen LogP contribution is 2.29. The van der Waals surface area contributed by atoms with E-state index in [0.717, 1.165) is 11.0 Å². The van der Waals surface area contributed by atoms with E-state index in [1.54, 1.807) is 0 Å². The first kappa shape index (κ1) is 14.9. The van der Waals surface area contributed by atoms with Crippen molar-refractivity contribution in [1.82, 2.24) is 0 Å². The van der Waals surface area contributed by atoms with Gasteiger partial charge in [-0.15, -0.1) is 0 Å². The van der Waals surface area contributed by atoms with Crippen molar-refractivity contribution in [1.29, 1.82) is 0 Å². The van der Waals surface area contributed by atoms with Crippen LogP contribution in [-0.4, -0.2) is 23.7 Å². The van der Waals surface area contributed by atoms with Gasteiger partial charge in [0, 0.05) is 11.0 Å². The molecule has 1 aromatic rings. The summed E-state index contributed by atoms with van der Waals surface area (Å²) in [4.78, 5) is 0. The van der Waals surface area contributed by atoms with Crippen molar-refractivity contribution >= 4 is 22.6 Å². The lowest BCUT2D eigenvalue weighted by Gasteiger charge is -2.31. The standard InChI is InChI=1S/C14H21IO2/c1-4-16-10-12(2)17-14(3,11-15)13-8-6-5-7-9-13/h5-9,12H,4,10-11H2,1-3H3. The lowest BCUT2D eigenvalue weighted by Crippen LogP contribution is -2.33. The molecule has 0 fully saturated rings. The molecule has 0 spiro atoms. The largest absolute Gasteiger partial charge is 0.379 e. The minimum Gasteiger partial charge on any atom is -0.379 e. The second kappa shape index (κ2) is 7.34. The van der Waals surface area contributed by atoms with Gasteiger partial charge in [0.25, 0.3) is 0 Å². The smallest absolute Gasteiger partial charge is 0.0997 e. The van der Waals surface area contributed by atoms with E-state index in [9.17, 15) is 0 Å². The molecule has 1 rings (SSSR count). The molecule has 17 heavy (non-hydrogen) atoms. The van der Waals surface area contributed by atoms with Gasteiger partial charge < -0.3 is 9.47 Å². The molecular formula is C14H21IO2. The van der Waals surface area contributed by atoms with Crippen molar-refractivity contribution < 1.29 is 9.47 Å². The number of halogens is 1. The van der Waals surface area contributed by atoms with E-state index in [2.05, 4.69) is 60.7 Å². The summed E-state index contributed by atoms with van der Waals surface area (Å²) in [5, 5.41) is 0. The number of rotatable bonds is 7. The zero-order valence-electron chi connectivity index (χ0n) is 10.8. The molecule has 0 aliphatic rings. The number of hydrogen-bond acceptors (Lipinski definition) is 2. The summed E-state index contributed by atoms with van der Waals surface area (Å²) in [6.07, 6.45) is 0.106. The van der Waals surface area contributed by atoms with Gasteiger partial charge in [0.05, 0.1) is 18.3 Å². The number of benzene rings is 1. The van der Waals surface area contributed by atoms with E-state index in [1.165, 1.54) is 5.56 Å². The van der Waals surface area contributed by atoms with E-state index in [0.29, 0.717) is 6.61 Å². The third kappa shape index (κ3) is 4.56. The predicted octanol–water partition coefficient (Wildman–Crippen LogP) is 3.78. The SMILES string of the molecule is CCOCC(C)OC(C)(CI)c1ccccc1. The van der Waals surface area contributed by atoms with Crippen molar-refractivity contribution in [3.05, 3.63) is 35.9 Å². The Morgan fingerprint density at radius 3 is 2.47 bits per heavy atom. The molecule has 0 saturated heterocycles. The third-order valence-electron chi connectivity index (χ3n) is 2.66. The Morgan fingerprint density at radius 1 is 1.29 bits per heavy atom. The Balaban J connectivity index is 2.69. The Kier molecular flexibility index (Phi) is 6.44. The van der Waals surface area contributed by atoms with Crippen molar-refractivity contribution in [2.24, 2.45) is 0 Å². The molecule has 3 heteroatoms. The fraction of sp³-hybridized carbons (Fsp3) is 0.571. The van der Waals surface area contributed by atoms with Gasteiger partial charge in [-0.25, -0.2) is 0 Å². The quantitative estimate of drug-likeness (QED) is 0.552. The fourth-order valence-corrected chi connectivity index (χ4v) is 2.35. The maximum absolute atomic E-state index is 6.14. The molecule has 0 heterocycles. The van der Waals surface area contributed by atoms with Gasteiger partial charge >= 0.3 is 0 Å². The molecule has 0 aliphatic carbocycles. The third-order valence-corrected chi connectivity index (χ3v) is 4.11. The lowest BCUT2D eigenvalue weighted by atomic mass is 9.98. The van der Waals surface area contributed by atoms with Crippen LogP contribution in [0.1, 0.15) is 26.3 Å². The minimum absolute atomic E-state index is 0.106. The maximum atomic E-state index is 6.14. The van der Waals surface area contributed by atoms with E-state index in [1.807, 2.05) is 13.0 Å². The fourth-order valence-electron chi connectivity index (χ4n) is 1.73. The molecule has 0 amide bonds.